The molecule has 142 valence electrons. The number of hydrogen-bond donors (Lipinski definition) is 3. The van der Waals surface area contributed by atoms with E-state index in [1.807, 2.05) is 45.0 Å². The van der Waals surface area contributed by atoms with E-state index in [4.69, 9.17) is 4.74 Å². The topological polar surface area (TPSA) is 91.8 Å². The number of hydrogen-bond acceptors (Lipinski definition) is 4. The number of aliphatic imine (C=N–C) groups is 1. The van der Waals surface area contributed by atoms with Crippen molar-refractivity contribution in [2.24, 2.45) is 4.99 Å². The largest absolute Gasteiger partial charge is 0.383 e. The highest BCUT2D eigenvalue weighted by Gasteiger charge is 2.15. The second kappa shape index (κ2) is 10.4. The summed E-state index contributed by atoms with van der Waals surface area (Å²) >= 11 is 0. The third kappa shape index (κ3) is 8.33. The van der Waals surface area contributed by atoms with Crippen molar-refractivity contribution in [3.8, 4) is 0 Å². The smallest absolute Gasteiger partial charge is 0.216 e. The third-order valence-corrected chi connectivity index (χ3v) is 4.87. The second-order valence-electron chi connectivity index (χ2n) is 6.23. The molecule has 0 aliphatic carbocycles. The lowest BCUT2D eigenvalue weighted by molar-refractivity contribution is 0.179. The van der Waals surface area contributed by atoms with Gasteiger partial charge in [0.25, 0.3) is 0 Å². The first-order valence-corrected chi connectivity index (χ1v) is 9.95. The van der Waals surface area contributed by atoms with Crippen LogP contribution in [0.5, 0.6) is 0 Å². The molecule has 0 aliphatic rings. The molecule has 0 aliphatic heterocycles. The van der Waals surface area contributed by atoms with Gasteiger partial charge in [-0.25, -0.2) is 13.1 Å². The molecule has 1 aromatic rings. The fourth-order valence-corrected chi connectivity index (χ4v) is 3.87. The lowest BCUT2D eigenvalue weighted by atomic mass is 10.1. The summed E-state index contributed by atoms with van der Waals surface area (Å²) in [4.78, 5) is 4.18. The molecule has 7 nitrogen and oxygen atoms in total. The van der Waals surface area contributed by atoms with Crippen molar-refractivity contribution in [3.63, 3.8) is 0 Å². The Bertz CT molecular complexity index is 660. The number of guanidine groups is 1. The Hall–Kier alpha value is -1.64. The Balaban J connectivity index is 2.77. The number of nitrogens with zero attached hydrogens (tertiary/aromatic N) is 1. The normalized spacial score (nSPS) is 13.8. The molecule has 0 saturated heterocycles. The fraction of sp³-hybridized carbons (Fsp3) is 0.588. The summed E-state index contributed by atoms with van der Waals surface area (Å²) in [5.74, 6) is 0.595. The second-order valence-corrected chi connectivity index (χ2v) is 7.98. The van der Waals surface area contributed by atoms with Gasteiger partial charge in [-0.2, -0.15) is 0 Å². The molecule has 1 unspecified atom stereocenters. The standard InChI is InChI=1S/C17H30N4O3S/c1-13(2)21-25(22,23)12-16-9-7-6-8-15(16)10-19-17(18-4)20-14(3)11-24-5/h6-9,13-14,21H,10-12H2,1-5H3,(H2,18,19,20). The maximum absolute atomic E-state index is 12.2. The molecule has 0 amide bonds. The minimum Gasteiger partial charge on any atom is -0.383 e. The molecule has 0 bridgehead atoms. The number of methoxy groups -OCH3 is 1. The molecule has 0 heterocycles. The van der Waals surface area contributed by atoms with Crippen molar-refractivity contribution in [3.05, 3.63) is 35.4 Å². The summed E-state index contributed by atoms with van der Waals surface area (Å²) in [5.41, 5.74) is 1.68. The SMILES string of the molecule is CN=C(NCc1ccccc1CS(=O)(=O)NC(C)C)NC(C)COC. The zero-order chi connectivity index (χ0) is 18.9. The highest BCUT2D eigenvalue weighted by atomic mass is 32.2. The van der Waals surface area contributed by atoms with Gasteiger partial charge in [0.1, 0.15) is 0 Å². The van der Waals surface area contributed by atoms with E-state index in [0.29, 0.717) is 19.1 Å². The van der Waals surface area contributed by atoms with Crippen LogP contribution in [0.2, 0.25) is 0 Å². The molecule has 1 aromatic carbocycles. The Labute approximate surface area is 151 Å². The summed E-state index contributed by atoms with van der Waals surface area (Å²) in [5, 5.41) is 6.42. The molecule has 0 aromatic heterocycles. The van der Waals surface area contributed by atoms with E-state index >= 15 is 0 Å². The van der Waals surface area contributed by atoms with Gasteiger partial charge in [0.15, 0.2) is 5.96 Å². The molecule has 0 fully saturated rings. The number of ether oxygens (including phenoxy) is 1. The van der Waals surface area contributed by atoms with E-state index in [1.54, 1.807) is 14.2 Å². The first-order chi connectivity index (χ1) is 11.8. The molecule has 1 atom stereocenters. The van der Waals surface area contributed by atoms with Crippen molar-refractivity contribution >= 4 is 16.0 Å². The van der Waals surface area contributed by atoms with Gasteiger partial charge < -0.3 is 15.4 Å². The van der Waals surface area contributed by atoms with Crippen LogP contribution in [0, 0.1) is 0 Å². The van der Waals surface area contributed by atoms with Gasteiger partial charge in [0.2, 0.25) is 10.0 Å². The van der Waals surface area contributed by atoms with Gasteiger partial charge in [0.05, 0.1) is 12.4 Å². The van der Waals surface area contributed by atoms with Crippen molar-refractivity contribution in [2.75, 3.05) is 20.8 Å². The van der Waals surface area contributed by atoms with Crippen LogP contribution in [-0.2, 0) is 27.1 Å². The molecule has 0 spiro atoms. The number of benzene rings is 1. The van der Waals surface area contributed by atoms with E-state index in [2.05, 4.69) is 20.3 Å². The van der Waals surface area contributed by atoms with Crippen molar-refractivity contribution in [1.82, 2.24) is 15.4 Å². The van der Waals surface area contributed by atoms with Crippen LogP contribution >= 0.6 is 0 Å². The number of sulfonamides is 1. The van der Waals surface area contributed by atoms with Gasteiger partial charge >= 0.3 is 0 Å². The predicted octanol–water partition coefficient (Wildman–Crippen LogP) is 1.21. The van der Waals surface area contributed by atoms with Crippen LogP contribution in [-0.4, -0.2) is 47.2 Å². The lowest BCUT2D eigenvalue weighted by Crippen LogP contribution is -2.43. The predicted molar refractivity (Wildman–Crippen MR) is 102 cm³/mol. The third-order valence-electron chi connectivity index (χ3n) is 3.35. The summed E-state index contributed by atoms with van der Waals surface area (Å²) in [6, 6.07) is 7.48. The summed E-state index contributed by atoms with van der Waals surface area (Å²) in [6.45, 7) is 6.65. The summed E-state index contributed by atoms with van der Waals surface area (Å²) in [7, 11) is -0.0257. The minimum absolute atomic E-state index is 0.0465. The average molecular weight is 371 g/mol. The van der Waals surface area contributed by atoms with Gasteiger partial charge in [-0.15, -0.1) is 0 Å². The Morgan fingerprint density at radius 1 is 1.20 bits per heavy atom. The Kier molecular flexibility index (Phi) is 8.88. The Morgan fingerprint density at radius 2 is 1.84 bits per heavy atom. The number of rotatable bonds is 9. The average Bonchev–Trinajstić information content (AvgIpc) is 2.51. The van der Waals surface area contributed by atoms with Crippen LogP contribution in [0.3, 0.4) is 0 Å². The van der Waals surface area contributed by atoms with Crippen molar-refractivity contribution < 1.29 is 13.2 Å². The van der Waals surface area contributed by atoms with E-state index < -0.39 is 10.0 Å². The zero-order valence-corrected chi connectivity index (χ0v) is 16.5. The first-order valence-electron chi connectivity index (χ1n) is 8.30. The molecule has 25 heavy (non-hydrogen) atoms. The number of nitrogens with one attached hydrogen (secondary N) is 3. The van der Waals surface area contributed by atoms with Crippen LogP contribution in [0.1, 0.15) is 31.9 Å². The van der Waals surface area contributed by atoms with Gasteiger partial charge in [-0.05, 0) is 31.9 Å². The highest BCUT2D eigenvalue weighted by molar-refractivity contribution is 7.88. The van der Waals surface area contributed by atoms with Crippen LogP contribution in [0.25, 0.3) is 0 Å². The molecule has 8 heteroatoms. The van der Waals surface area contributed by atoms with E-state index in [9.17, 15) is 8.42 Å². The lowest BCUT2D eigenvalue weighted by Gasteiger charge is -2.18. The summed E-state index contributed by atoms with van der Waals surface area (Å²) < 4.78 is 32.1. The molecule has 1 rings (SSSR count). The van der Waals surface area contributed by atoms with Gasteiger partial charge in [-0.3, -0.25) is 4.99 Å². The Morgan fingerprint density at radius 3 is 2.40 bits per heavy atom. The zero-order valence-electron chi connectivity index (χ0n) is 15.7. The maximum atomic E-state index is 12.2. The quantitative estimate of drug-likeness (QED) is 0.449. The molecule has 0 radical (unpaired) electrons. The van der Waals surface area contributed by atoms with Crippen LogP contribution in [0.4, 0.5) is 0 Å². The highest BCUT2D eigenvalue weighted by Crippen LogP contribution is 2.12. The van der Waals surface area contributed by atoms with Crippen LogP contribution < -0.4 is 15.4 Å². The van der Waals surface area contributed by atoms with E-state index in [1.165, 1.54) is 0 Å². The molecular weight excluding hydrogens is 340 g/mol. The van der Waals surface area contributed by atoms with E-state index in [-0.39, 0.29) is 17.8 Å². The monoisotopic (exact) mass is 370 g/mol. The van der Waals surface area contributed by atoms with Crippen LogP contribution in [0.15, 0.2) is 29.3 Å². The van der Waals surface area contributed by atoms with Crippen molar-refractivity contribution in [2.45, 2.75) is 45.2 Å². The molecule has 3 N–H and O–H groups in total. The summed E-state index contributed by atoms with van der Waals surface area (Å²) in [6.07, 6.45) is 0. The first kappa shape index (κ1) is 21.4. The molecule has 0 saturated carbocycles. The van der Waals surface area contributed by atoms with Crippen molar-refractivity contribution in [1.29, 1.82) is 0 Å². The van der Waals surface area contributed by atoms with E-state index in [0.717, 1.165) is 11.1 Å². The molecular formula is C17H30N4O3S. The fourth-order valence-electron chi connectivity index (χ4n) is 2.37. The van der Waals surface area contributed by atoms with Gasteiger partial charge in [0, 0.05) is 32.8 Å². The van der Waals surface area contributed by atoms with Gasteiger partial charge in [-0.1, -0.05) is 24.3 Å². The minimum atomic E-state index is -3.37. The maximum Gasteiger partial charge on any atom is 0.216 e.